The zero-order chi connectivity index (χ0) is 12.4. The number of hydrogen-bond donors (Lipinski definition) is 0. The largest absolute Gasteiger partial charge is 0.293 e. The summed E-state index contributed by atoms with van der Waals surface area (Å²) in [7, 11) is 0. The summed E-state index contributed by atoms with van der Waals surface area (Å²) in [6, 6.07) is 5.17. The predicted octanol–water partition coefficient (Wildman–Crippen LogP) is 3.58. The second kappa shape index (κ2) is 5.12. The van der Waals surface area contributed by atoms with Gasteiger partial charge >= 0.3 is 0 Å². The first-order valence-electron chi connectivity index (χ1n) is 4.84. The van der Waals surface area contributed by atoms with Crippen molar-refractivity contribution in [3.05, 3.63) is 44.4 Å². The van der Waals surface area contributed by atoms with Gasteiger partial charge in [0.05, 0.1) is 15.7 Å². The Morgan fingerprint density at radius 3 is 2.71 bits per heavy atom. The molecule has 0 N–H and O–H groups in total. The molecule has 0 atom stereocenters. The number of rotatable bonds is 3. The van der Waals surface area contributed by atoms with Crippen molar-refractivity contribution >= 4 is 40.5 Å². The summed E-state index contributed by atoms with van der Waals surface area (Å²) in [4.78, 5) is 12.5. The molecule has 0 aliphatic carbocycles. The van der Waals surface area contributed by atoms with E-state index in [0.717, 1.165) is 17.1 Å². The van der Waals surface area contributed by atoms with E-state index in [-0.39, 0.29) is 12.2 Å². The summed E-state index contributed by atoms with van der Waals surface area (Å²) in [5, 5.41) is 4.75. The van der Waals surface area contributed by atoms with Crippen LogP contribution in [0.25, 0.3) is 0 Å². The number of benzene rings is 1. The van der Waals surface area contributed by atoms with Crippen molar-refractivity contribution < 1.29 is 4.79 Å². The first-order valence-corrected chi connectivity index (χ1v) is 6.37. The maximum atomic E-state index is 11.9. The lowest BCUT2D eigenvalue weighted by Gasteiger charge is -2.01. The zero-order valence-corrected chi connectivity index (χ0v) is 11.2. The molecular formula is C11H8Cl2N2OS. The topological polar surface area (TPSA) is 42.9 Å². The van der Waals surface area contributed by atoms with Crippen molar-refractivity contribution in [1.82, 2.24) is 9.59 Å². The molecule has 88 valence electrons. The molecule has 1 aromatic heterocycles. The monoisotopic (exact) mass is 286 g/mol. The maximum absolute atomic E-state index is 11.9. The van der Waals surface area contributed by atoms with Gasteiger partial charge < -0.3 is 0 Å². The average molecular weight is 287 g/mol. The quantitative estimate of drug-likeness (QED) is 0.810. The van der Waals surface area contributed by atoms with Gasteiger partial charge in [-0.3, -0.25) is 4.79 Å². The number of aryl methyl sites for hydroxylation is 1. The van der Waals surface area contributed by atoms with Crippen molar-refractivity contribution in [1.29, 1.82) is 0 Å². The molecule has 1 aromatic carbocycles. The van der Waals surface area contributed by atoms with Crippen LogP contribution in [0.1, 0.15) is 20.9 Å². The molecule has 6 heteroatoms. The Hall–Kier alpha value is -0.970. The molecule has 0 saturated heterocycles. The second-order valence-corrected chi connectivity index (χ2v) is 5.10. The number of carbonyl (C=O) groups is 1. The highest BCUT2D eigenvalue weighted by Gasteiger charge is 2.14. The van der Waals surface area contributed by atoms with Crippen LogP contribution in [0.4, 0.5) is 0 Å². The lowest BCUT2D eigenvalue weighted by molar-refractivity contribution is 0.0996. The van der Waals surface area contributed by atoms with Crippen molar-refractivity contribution in [3.63, 3.8) is 0 Å². The Balaban J connectivity index is 2.19. The molecule has 0 aliphatic rings. The Bertz CT molecular complexity index is 568. The summed E-state index contributed by atoms with van der Waals surface area (Å²) >= 11 is 12.8. The Morgan fingerprint density at radius 2 is 2.12 bits per heavy atom. The third-order valence-electron chi connectivity index (χ3n) is 2.25. The number of carbonyl (C=O) groups excluding carboxylic acids is 1. The van der Waals surface area contributed by atoms with Crippen LogP contribution in [-0.2, 0) is 6.42 Å². The summed E-state index contributed by atoms with van der Waals surface area (Å²) < 4.78 is 3.74. The fourth-order valence-electron chi connectivity index (χ4n) is 1.40. The van der Waals surface area contributed by atoms with Crippen LogP contribution in [0.3, 0.4) is 0 Å². The van der Waals surface area contributed by atoms with E-state index >= 15 is 0 Å². The molecule has 17 heavy (non-hydrogen) atoms. The van der Waals surface area contributed by atoms with E-state index in [2.05, 4.69) is 9.59 Å². The molecular weight excluding hydrogens is 279 g/mol. The average Bonchev–Trinajstić information content (AvgIpc) is 2.70. The fourth-order valence-corrected chi connectivity index (χ4v) is 2.31. The van der Waals surface area contributed by atoms with Gasteiger partial charge in [0.15, 0.2) is 5.78 Å². The van der Waals surface area contributed by atoms with Crippen LogP contribution in [0.2, 0.25) is 10.0 Å². The highest BCUT2D eigenvalue weighted by atomic mass is 35.5. The van der Waals surface area contributed by atoms with Gasteiger partial charge in [-0.1, -0.05) is 33.8 Å². The van der Waals surface area contributed by atoms with E-state index in [0.29, 0.717) is 20.6 Å². The molecule has 2 aromatic rings. The van der Waals surface area contributed by atoms with Crippen LogP contribution >= 0.6 is 34.7 Å². The minimum atomic E-state index is -0.00381. The Labute approximate surface area is 113 Å². The maximum Gasteiger partial charge on any atom is 0.180 e. The third-order valence-corrected chi connectivity index (χ3v) is 3.86. The predicted molar refractivity (Wildman–Crippen MR) is 69.1 cm³/mol. The van der Waals surface area contributed by atoms with E-state index < -0.39 is 0 Å². The number of Topliss-reactive ketones (excluding diaryl/α,β-unsaturated/α-hetero) is 1. The summed E-state index contributed by atoms with van der Waals surface area (Å²) in [5.74, 6) is -0.00381. The minimum Gasteiger partial charge on any atom is -0.293 e. The van der Waals surface area contributed by atoms with Crippen molar-refractivity contribution in [2.45, 2.75) is 13.3 Å². The normalized spacial score (nSPS) is 10.5. The van der Waals surface area contributed by atoms with E-state index in [1.165, 1.54) is 0 Å². The fraction of sp³-hybridized carbons (Fsp3) is 0.182. The lowest BCUT2D eigenvalue weighted by Crippen LogP contribution is -2.03. The molecule has 0 radical (unpaired) electrons. The molecule has 0 amide bonds. The molecule has 0 saturated carbocycles. The van der Waals surface area contributed by atoms with Crippen LogP contribution in [0.15, 0.2) is 18.2 Å². The van der Waals surface area contributed by atoms with Gasteiger partial charge in [-0.25, -0.2) is 0 Å². The van der Waals surface area contributed by atoms with Gasteiger partial charge in [-0.15, -0.1) is 5.10 Å². The lowest BCUT2D eigenvalue weighted by atomic mass is 10.1. The smallest absolute Gasteiger partial charge is 0.180 e. The van der Waals surface area contributed by atoms with Crippen LogP contribution in [0, 0.1) is 6.92 Å². The highest BCUT2D eigenvalue weighted by molar-refractivity contribution is 7.08. The molecule has 0 spiro atoms. The van der Waals surface area contributed by atoms with Gasteiger partial charge in [0, 0.05) is 6.42 Å². The van der Waals surface area contributed by atoms with Crippen molar-refractivity contribution in [3.8, 4) is 0 Å². The molecule has 1 heterocycles. The summed E-state index contributed by atoms with van der Waals surface area (Å²) in [6.07, 6.45) is 0.279. The first-order chi connectivity index (χ1) is 8.08. The van der Waals surface area contributed by atoms with E-state index in [4.69, 9.17) is 23.2 Å². The number of nitrogens with zero attached hydrogens (tertiary/aromatic N) is 2. The number of hydrogen-bond acceptors (Lipinski definition) is 4. The van der Waals surface area contributed by atoms with E-state index in [1.807, 2.05) is 0 Å². The first kappa shape index (κ1) is 12.5. The molecule has 0 unspecified atom stereocenters. The third kappa shape index (κ3) is 2.83. The second-order valence-electron chi connectivity index (χ2n) is 3.54. The number of halogens is 2. The van der Waals surface area contributed by atoms with Gasteiger partial charge in [0.2, 0.25) is 0 Å². The summed E-state index contributed by atoms with van der Waals surface area (Å²) in [6.45, 7) is 1.77. The Kier molecular flexibility index (Phi) is 3.76. The summed E-state index contributed by atoms with van der Waals surface area (Å²) in [5.41, 5.74) is 1.50. The van der Waals surface area contributed by atoms with Gasteiger partial charge in [0.1, 0.15) is 4.88 Å². The highest BCUT2D eigenvalue weighted by Crippen LogP contribution is 2.23. The molecule has 0 bridgehead atoms. The zero-order valence-electron chi connectivity index (χ0n) is 8.91. The minimum absolute atomic E-state index is 0.00381. The van der Waals surface area contributed by atoms with Crippen LogP contribution in [-0.4, -0.2) is 15.4 Å². The molecule has 2 rings (SSSR count). The van der Waals surface area contributed by atoms with Crippen LogP contribution in [0.5, 0.6) is 0 Å². The van der Waals surface area contributed by atoms with Gasteiger partial charge in [0.25, 0.3) is 0 Å². The standard InChI is InChI=1S/C11H8Cl2N2OS/c1-6-11(17-15-14-6)10(16)5-7-2-3-8(12)9(13)4-7/h2-4H,5H2,1H3. The van der Waals surface area contributed by atoms with Crippen molar-refractivity contribution in [2.75, 3.05) is 0 Å². The SMILES string of the molecule is Cc1nnsc1C(=O)Cc1ccc(Cl)c(Cl)c1. The molecule has 3 nitrogen and oxygen atoms in total. The number of aromatic nitrogens is 2. The van der Waals surface area contributed by atoms with Crippen molar-refractivity contribution in [2.24, 2.45) is 0 Å². The Morgan fingerprint density at radius 1 is 1.35 bits per heavy atom. The number of ketones is 1. The molecule has 0 aliphatic heterocycles. The molecule has 0 fully saturated rings. The van der Waals surface area contributed by atoms with Gasteiger partial charge in [-0.2, -0.15) is 0 Å². The van der Waals surface area contributed by atoms with Crippen LogP contribution < -0.4 is 0 Å². The van der Waals surface area contributed by atoms with E-state index in [9.17, 15) is 4.79 Å². The van der Waals surface area contributed by atoms with E-state index in [1.54, 1.807) is 25.1 Å². The van der Waals surface area contributed by atoms with Gasteiger partial charge in [-0.05, 0) is 36.2 Å².